The van der Waals surface area contributed by atoms with Crippen LogP contribution in [0.3, 0.4) is 0 Å². The van der Waals surface area contributed by atoms with Crippen LogP contribution in [-0.2, 0) is 9.47 Å². The molecule has 1 unspecified atom stereocenters. The number of ether oxygens (including phenoxy) is 2. The van der Waals surface area contributed by atoms with Crippen molar-refractivity contribution in [1.82, 2.24) is 0 Å². The average Bonchev–Trinajstić information content (AvgIpc) is 2.24. The number of hydrogen-bond donors (Lipinski definition) is 1. The van der Waals surface area contributed by atoms with E-state index in [0.717, 1.165) is 17.8 Å². The maximum absolute atomic E-state index is 10.6. The molecule has 1 saturated heterocycles. The Bertz CT molecular complexity index is 288. The summed E-state index contributed by atoms with van der Waals surface area (Å²) in [4.78, 5) is 0. The molecule has 1 N–H and O–H groups in total. The van der Waals surface area contributed by atoms with Gasteiger partial charge < -0.3 is 14.6 Å². The van der Waals surface area contributed by atoms with Crippen LogP contribution in [-0.4, -0.2) is 37.1 Å². The predicted octanol–water partition coefficient (Wildman–Crippen LogP) is 1.98. The second-order valence-corrected chi connectivity index (χ2v) is 7.29. The molecule has 0 aromatic rings. The summed E-state index contributed by atoms with van der Waals surface area (Å²) in [5, 5.41) is 10.6. The Morgan fingerprint density at radius 1 is 1.06 bits per heavy atom. The molecule has 1 aliphatic heterocycles. The average molecular weight is 252 g/mol. The highest BCUT2D eigenvalue weighted by atomic mass is 16.6. The van der Waals surface area contributed by atoms with Gasteiger partial charge >= 0.3 is 0 Å². The number of aliphatic hydroxyl groups excluding tert-OH is 1. The molecule has 5 rings (SSSR count). The highest BCUT2D eigenvalue weighted by Gasteiger charge is 2.54. The molecule has 4 bridgehead atoms. The fourth-order valence-electron chi connectivity index (χ4n) is 5.30. The van der Waals surface area contributed by atoms with Gasteiger partial charge in [0.2, 0.25) is 0 Å². The lowest BCUT2D eigenvalue weighted by molar-refractivity contribution is -0.179. The topological polar surface area (TPSA) is 38.7 Å². The maximum Gasteiger partial charge on any atom is 0.104 e. The van der Waals surface area contributed by atoms with E-state index in [0.29, 0.717) is 19.8 Å². The third kappa shape index (κ3) is 1.83. The number of aliphatic hydroxyl groups is 1. The van der Waals surface area contributed by atoms with Crippen LogP contribution < -0.4 is 0 Å². The van der Waals surface area contributed by atoms with Crippen molar-refractivity contribution in [3.8, 4) is 0 Å². The zero-order chi connectivity index (χ0) is 12.2. The fraction of sp³-hybridized carbons (Fsp3) is 1.00. The van der Waals surface area contributed by atoms with Gasteiger partial charge in [0.15, 0.2) is 0 Å². The molecule has 18 heavy (non-hydrogen) atoms. The van der Waals surface area contributed by atoms with Crippen LogP contribution in [0.1, 0.15) is 38.5 Å². The fourth-order valence-corrected chi connectivity index (χ4v) is 5.30. The molecule has 5 fully saturated rings. The molecule has 0 spiro atoms. The zero-order valence-electron chi connectivity index (χ0n) is 11.0. The monoisotopic (exact) mass is 252 g/mol. The summed E-state index contributed by atoms with van der Waals surface area (Å²) in [6.45, 7) is 1.96. The molecule has 0 amide bonds. The van der Waals surface area contributed by atoms with Gasteiger partial charge in [-0.3, -0.25) is 0 Å². The van der Waals surface area contributed by atoms with Crippen molar-refractivity contribution in [2.45, 2.75) is 50.7 Å². The Labute approximate surface area is 109 Å². The summed E-state index contributed by atoms with van der Waals surface area (Å²) >= 11 is 0. The van der Waals surface area contributed by atoms with Gasteiger partial charge in [-0.25, -0.2) is 0 Å². The second kappa shape index (κ2) is 4.19. The van der Waals surface area contributed by atoms with E-state index in [1.54, 1.807) is 0 Å². The predicted molar refractivity (Wildman–Crippen MR) is 67.2 cm³/mol. The zero-order valence-corrected chi connectivity index (χ0v) is 11.0. The summed E-state index contributed by atoms with van der Waals surface area (Å²) in [5.74, 6) is 2.70. The molecule has 1 atom stereocenters. The van der Waals surface area contributed by atoms with Crippen molar-refractivity contribution >= 4 is 0 Å². The molecule has 102 valence electrons. The van der Waals surface area contributed by atoms with E-state index in [1.165, 1.54) is 38.5 Å². The SMILES string of the molecule is OC(COC1COC1)C12CC3CC(CC(C3)C1)C2. The smallest absolute Gasteiger partial charge is 0.104 e. The van der Waals surface area contributed by atoms with Crippen LogP contribution >= 0.6 is 0 Å². The third-order valence-electron chi connectivity index (χ3n) is 5.89. The van der Waals surface area contributed by atoms with Gasteiger partial charge in [0.05, 0.1) is 25.9 Å². The number of rotatable bonds is 4. The second-order valence-electron chi connectivity index (χ2n) is 7.29. The van der Waals surface area contributed by atoms with Gasteiger partial charge in [0.25, 0.3) is 0 Å². The van der Waals surface area contributed by atoms with Crippen LogP contribution in [0.25, 0.3) is 0 Å². The quantitative estimate of drug-likeness (QED) is 0.831. The molecule has 4 aliphatic carbocycles. The van der Waals surface area contributed by atoms with E-state index in [2.05, 4.69) is 0 Å². The Balaban J connectivity index is 1.42. The largest absolute Gasteiger partial charge is 0.390 e. The van der Waals surface area contributed by atoms with E-state index >= 15 is 0 Å². The summed E-state index contributed by atoms with van der Waals surface area (Å²) in [6.07, 6.45) is 8.07. The van der Waals surface area contributed by atoms with Gasteiger partial charge in [-0.1, -0.05) is 0 Å². The van der Waals surface area contributed by atoms with E-state index in [9.17, 15) is 5.11 Å². The molecule has 3 heteroatoms. The van der Waals surface area contributed by atoms with E-state index < -0.39 is 0 Å². The summed E-state index contributed by atoms with van der Waals surface area (Å²) in [5.41, 5.74) is 0.208. The normalized spacial score (nSPS) is 48.2. The van der Waals surface area contributed by atoms with Crippen LogP contribution in [0.5, 0.6) is 0 Å². The maximum atomic E-state index is 10.6. The van der Waals surface area contributed by atoms with Gasteiger partial charge in [-0.05, 0) is 61.7 Å². The van der Waals surface area contributed by atoms with Crippen molar-refractivity contribution in [3.05, 3.63) is 0 Å². The molecule has 3 nitrogen and oxygen atoms in total. The van der Waals surface area contributed by atoms with Crippen molar-refractivity contribution in [2.75, 3.05) is 19.8 Å². The van der Waals surface area contributed by atoms with Crippen molar-refractivity contribution in [2.24, 2.45) is 23.2 Å². The molecule has 1 heterocycles. The lowest BCUT2D eigenvalue weighted by Gasteiger charge is -2.58. The van der Waals surface area contributed by atoms with Gasteiger partial charge in [-0.2, -0.15) is 0 Å². The van der Waals surface area contributed by atoms with Gasteiger partial charge in [0.1, 0.15) is 6.10 Å². The Kier molecular flexibility index (Phi) is 2.72. The minimum Gasteiger partial charge on any atom is -0.390 e. The van der Waals surface area contributed by atoms with Crippen molar-refractivity contribution in [3.63, 3.8) is 0 Å². The Morgan fingerprint density at radius 2 is 1.61 bits per heavy atom. The molecule has 0 aromatic heterocycles. The van der Waals surface area contributed by atoms with E-state index in [4.69, 9.17) is 9.47 Å². The standard InChI is InChI=1S/C15H24O3/c16-14(9-18-13-7-17-8-13)15-4-10-1-11(5-15)3-12(2-10)6-15/h10-14,16H,1-9H2. The lowest BCUT2D eigenvalue weighted by atomic mass is 9.48. The van der Waals surface area contributed by atoms with E-state index in [-0.39, 0.29) is 17.6 Å². The minimum absolute atomic E-state index is 0.208. The molecule has 0 radical (unpaired) electrons. The first kappa shape index (κ1) is 11.7. The van der Waals surface area contributed by atoms with Gasteiger partial charge in [0, 0.05) is 0 Å². The van der Waals surface area contributed by atoms with Gasteiger partial charge in [-0.15, -0.1) is 0 Å². The molecular weight excluding hydrogens is 228 g/mol. The third-order valence-corrected chi connectivity index (χ3v) is 5.89. The van der Waals surface area contributed by atoms with Crippen LogP contribution in [0.4, 0.5) is 0 Å². The Morgan fingerprint density at radius 3 is 2.06 bits per heavy atom. The number of hydrogen-bond acceptors (Lipinski definition) is 3. The highest BCUT2D eigenvalue weighted by Crippen LogP contribution is 2.61. The van der Waals surface area contributed by atoms with Crippen LogP contribution in [0.15, 0.2) is 0 Å². The van der Waals surface area contributed by atoms with Crippen molar-refractivity contribution in [1.29, 1.82) is 0 Å². The first-order valence-corrected chi connectivity index (χ1v) is 7.61. The molecular formula is C15H24O3. The first-order chi connectivity index (χ1) is 8.73. The molecule has 0 aromatic carbocycles. The van der Waals surface area contributed by atoms with Crippen LogP contribution in [0.2, 0.25) is 0 Å². The summed E-state index contributed by atoms with van der Waals surface area (Å²) in [6, 6.07) is 0. The lowest BCUT2D eigenvalue weighted by Crippen LogP contribution is -2.53. The van der Waals surface area contributed by atoms with Crippen molar-refractivity contribution < 1.29 is 14.6 Å². The Hall–Kier alpha value is -0.120. The van der Waals surface area contributed by atoms with E-state index in [1.807, 2.05) is 0 Å². The minimum atomic E-state index is -0.244. The summed E-state index contributed by atoms with van der Waals surface area (Å²) in [7, 11) is 0. The summed E-state index contributed by atoms with van der Waals surface area (Å²) < 4.78 is 10.9. The molecule has 5 aliphatic rings. The highest BCUT2D eigenvalue weighted by molar-refractivity contribution is 5.04. The molecule has 4 saturated carbocycles. The van der Waals surface area contributed by atoms with Crippen LogP contribution in [0, 0.1) is 23.2 Å². The first-order valence-electron chi connectivity index (χ1n) is 7.61.